The second-order valence-electron chi connectivity index (χ2n) is 4.29. The van der Waals surface area contributed by atoms with Crippen molar-refractivity contribution in [3.8, 4) is 0 Å². The summed E-state index contributed by atoms with van der Waals surface area (Å²) < 4.78 is 8.14. The highest BCUT2D eigenvalue weighted by molar-refractivity contribution is 14.1. The highest BCUT2D eigenvalue weighted by atomic mass is 127. The third-order valence-corrected chi connectivity index (χ3v) is 4.80. The molecule has 1 saturated heterocycles. The van der Waals surface area contributed by atoms with Crippen molar-refractivity contribution in [2.75, 3.05) is 13.2 Å². The zero-order chi connectivity index (χ0) is 14.9. The fourth-order valence-corrected chi connectivity index (χ4v) is 3.10. The van der Waals surface area contributed by atoms with E-state index < -0.39 is 34.5 Å². The lowest BCUT2D eigenvalue weighted by Gasteiger charge is -2.31. The molecule has 20 heavy (non-hydrogen) atoms. The van der Waals surface area contributed by atoms with Crippen LogP contribution in [0.15, 0.2) is 19.9 Å². The second-order valence-corrected chi connectivity index (χ2v) is 6.00. The van der Waals surface area contributed by atoms with Gasteiger partial charge in [-0.15, -0.1) is 0 Å². The average molecular weight is 459 g/mol. The molecule has 110 valence electrons. The van der Waals surface area contributed by atoms with Gasteiger partial charge in [-0.25, -0.2) is 4.79 Å². The zero-order valence-corrected chi connectivity index (χ0v) is 13.9. The van der Waals surface area contributed by atoms with Crippen LogP contribution >= 0.6 is 38.5 Å². The van der Waals surface area contributed by atoms with Gasteiger partial charge in [0, 0.05) is 6.20 Å². The number of alkyl halides is 1. The van der Waals surface area contributed by atoms with Crippen LogP contribution in [-0.4, -0.2) is 43.9 Å². The highest BCUT2D eigenvalue weighted by Crippen LogP contribution is 2.35. The van der Waals surface area contributed by atoms with E-state index in [9.17, 15) is 19.8 Å². The van der Waals surface area contributed by atoms with Gasteiger partial charge < -0.3 is 14.9 Å². The predicted octanol–water partition coefficient (Wildman–Crippen LogP) is -0.258. The molecular formula is C11H12BrIN2O5. The van der Waals surface area contributed by atoms with Crippen LogP contribution < -0.4 is 11.2 Å². The van der Waals surface area contributed by atoms with Gasteiger partial charge in [0.25, 0.3) is 5.56 Å². The number of aromatic nitrogens is 2. The van der Waals surface area contributed by atoms with Gasteiger partial charge in [0.15, 0.2) is 5.72 Å². The van der Waals surface area contributed by atoms with Gasteiger partial charge in [0.1, 0.15) is 0 Å². The van der Waals surface area contributed by atoms with Gasteiger partial charge in [-0.3, -0.25) is 14.3 Å². The van der Waals surface area contributed by atoms with Gasteiger partial charge in [0.05, 0.1) is 29.7 Å². The highest BCUT2D eigenvalue weighted by Gasteiger charge is 2.50. The Morgan fingerprint density at radius 1 is 1.65 bits per heavy atom. The summed E-state index contributed by atoms with van der Waals surface area (Å²) in [6, 6.07) is 0. The molecule has 0 amide bonds. The Kier molecular flexibility index (Phi) is 4.84. The second kappa shape index (κ2) is 6.10. The van der Waals surface area contributed by atoms with Gasteiger partial charge in [-0.1, -0.05) is 38.5 Å². The van der Waals surface area contributed by atoms with Gasteiger partial charge in [0.2, 0.25) is 0 Å². The van der Waals surface area contributed by atoms with E-state index in [0.717, 1.165) is 4.57 Å². The molecule has 1 fully saturated rings. The van der Waals surface area contributed by atoms with E-state index in [-0.39, 0.29) is 12.2 Å². The van der Waals surface area contributed by atoms with Crippen molar-refractivity contribution in [3.63, 3.8) is 0 Å². The number of ether oxygens (including phenoxy) is 1. The molecule has 1 aromatic heterocycles. The van der Waals surface area contributed by atoms with Crippen LogP contribution in [0.3, 0.4) is 0 Å². The fraction of sp³-hybridized carbons (Fsp3) is 0.455. The predicted molar refractivity (Wildman–Crippen MR) is 84.1 cm³/mol. The molecule has 1 aromatic rings. The van der Waals surface area contributed by atoms with Gasteiger partial charge in [-0.05, 0) is 10.2 Å². The number of nitrogens with one attached hydrogen (secondary N) is 1. The standard InChI is InChI=1S/C11H12BrIN2O5/c12-8-7(17)4-20-11(8,5-16)15-3-6(1-2-13)9(18)14-10(15)19/h1-3,7-8,16-17H,4-5H2,(H,14,18,19)/t7-,8+,11-/m0/s1. The number of H-pyrrole nitrogens is 1. The summed E-state index contributed by atoms with van der Waals surface area (Å²) >= 11 is 5.18. The molecule has 3 atom stereocenters. The Hall–Kier alpha value is -0.490. The van der Waals surface area contributed by atoms with Crippen LogP contribution in [0.25, 0.3) is 6.08 Å². The van der Waals surface area contributed by atoms with Crippen LogP contribution in [0, 0.1) is 0 Å². The summed E-state index contributed by atoms with van der Waals surface area (Å²) in [4.78, 5) is 25.1. The lowest BCUT2D eigenvalue weighted by atomic mass is 10.1. The summed E-state index contributed by atoms with van der Waals surface area (Å²) in [5.41, 5.74) is -2.45. The summed E-state index contributed by atoms with van der Waals surface area (Å²) in [5, 5.41) is 19.4. The number of halogens is 2. The molecule has 0 bridgehead atoms. The molecule has 3 N–H and O–H groups in total. The molecular weight excluding hydrogens is 447 g/mol. The van der Waals surface area contributed by atoms with Crippen LogP contribution in [0.2, 0.25) is 0 Å². The molecule has 0 aromatic carbocycles. The summed E-state index contributed by atoms with van der Waals surface area (Å²) in [6.07, 6.45) is 1.96. The average Bonchev–Trinajstić information content (AvgIpc) is 2.71. The lowest BCUT2D eigenvalue weighted by Crippen LogP contribution is -2.52. The third kappa shape index (κ3) is 2.52. The van der Waals surface area contributed by atoms with Crippen molar-refractivity contribution in [2.45, 2.75) is 16.7 Å². The van der Waals surface area contributed by atoms with E-state index in [0.29, 0.717) is 0 Å². The molecule has 0 saturated carbocycles. The summed E-state index contributed by atoms with van der Waals surface area (Å²) in [7, 11) is 0. The number of aliphatic hydroxyl groups excluding tert-OH is 2. The lowest BCUT2D eigenvalue weighted by molar-refractivity contribution is -0.0985. The first kappa shape index (κ1) is 15.9. The van der Waals surface area contributed by atoms with E-state index in [4.69, 9.17) is 4.74 Å². The molecule has 0 unspecified atom stereocenters. The summed E-state index contributed by atoms with van der Waals surface area (Å²) in [6.45, 7) is -0.557. The van der Waals surface area contributed by atoms with Crippen molar-refractivity contribution in [1.82, 2.24) is 9.55 Å². The zero-order valence-electron chi connectivity index (χ0n) is 10.1. The minimum absolute atomic E-state index is 0.0283. The number of hydrogen-bond acceptors (Lipinski definition) is 5. The Bertz CT molecular complexity index is 642. The van der Waals surface area contributed by atoms with E-state index in [1.165, 1.54) is 12.3 Å². The van der Waals surface area contributed by atoms with E-state index in [1.807, 2.05) is 22.6 Å². The van der Waals surface area contributed by atoms with Crippen LogP contribution in [-0.2, 0) is 10.5 Å². The van der Waals surface area contributed by atoms with Gasteiger partial charge >= 0.3 is 5.69 Å². The maximum Gasteiger partial charge on any atom is 0.330 e. The monoisotopic (exact) mass is 458 g/mol. The summed E-state index contributed by atoms with van der Waals surface area (Å²) in [5.74, 6) is 0. The molecule has 0 spiro atoms. The molecule has 9 heteroatoms. The first-order valence-corrected chi connectivity index (χ1v) is 7.82. The Morgan fingerprint density at radius 2 is 2.35 bits per heavy atom. The van der Waals surface area contributed by atoms with Crippen molar-refractivity contribution in [3.05, 3.63) is 36.7 Å². The Labute approximate surface area is 135 Å². The molecule has 2 rings (SSSR count). The molecule has 7 nitrogen and oxygen atoms in total. The maximum atomic E-state index is 12.0. The molecule has 0 radical (unpaired) electrons. The maximum absolute atomic E-state index is 12.0. The minimum Gasteiger partial charge on any atom is -0.391 e. The van der Waals surface area contributed by atoms with Crippen molar-refractivity contribution in [1.29, 1.82) is 0 Å². The minimum atomic E-state index is -1.45. The van der Waals surface area contributed by atoms with Crippen LogP contribution in [0.4, 0.5) is 0 Å². The molecule has 1 aliphatic heterocycles. The smallest absolute Gasteiger partial charge is 0.330 e. The number of nitrogens with zero attached hydrogens (tertiary/aromatic N) is 1. The SMILES string of the molecule is O=c1[nH]c(=O)n([C@@]2(CO)OC[C@H](O)[C@H]2Br)cc1C=CI. The molecule has 1 aliphatic rings. The Morgan fingerprint density at radius 3 is 2.85 bits per heavy atom. The van der Waals surface area contributed by atoms with E-state index in [1.54, 1.807) is 4.08 Å². The first-order valence-electron chi connectivity index (χ1n) is 5.66. The van der Waals surface area contributed by atoms with Crippen molar-refractivity contribution < 1.29 is 14.9 Å². The first-order chi connectivity index (χ1) is 9.46. The number of aliphatic hydroxyl groups is 2. The number of hydrogen-bond donors (Lipinski definition) is 3. The Balaban J connectivity index is 2.65. The van der Waals surface area contributed by atoms with Crippen molar-refractivity contribution in [2.24, 2.45) is 0 Å². The van der Waals surface area contributed by atoms with Crippen LogP contribution in [0.1, 0.15) is 5.56 Å². The largest absolute Gasteiger partial charge is 0.391 e. The third-order valence-electron chi connectivity index (χ3n) is 3.12. The number of rotatable bonds is 3. The fourth-order valence-electron chi connectivity index (χ4n) is 2.06. The normalized spacial score (nSPS) is 30.2. The topological polar surface area (TPSA) is 105 Å². The van der Waals surface area contributed by atoms with Crippen LogP contribution in [0.5, 0.6) is 0 Å². The molecule has 0 aliphatic carbocycles. The van der Waals surface area contributed by atoms with E-state index >= 15 is 0 Å². The van der Waals surface area contributed by atoms with E-state index in [2.05, 4.69) is 20.9 Å². The quantitative estimate of drug-likeness (QED) is 0.427. The molecule has 2 heterocycles. The van der Waals surface area contributed by atoms with Crippen molar-refractivity contribution >= 4 is 44.6 Å². The number of aromatic amines is 1. The van der Waals surface area contributed by atoms with Gasteiger partial charge in [-0.2, -0.15) is 0 Å².